The molecule has 1 aromatic carbocycles. The number of piperidine rings is 1. The van der Waals surface area contributed by atoms with E-state index in [0.29, 0.717) is 6.54 Å². The van der Waals surface area contributed by atoms with Crippen molar-refractivity contribution in [2.24, 2.45) is 5.92 Å². The van der Waals surface area contributed by atoms with Gasteiger partial charge in [0.1, 0.15) is 5.75 Å². The molecule has 27 heavy (non-hydrogen) atoms. The Kier molecular flexibility index (Phi) is 4.91. The highest BCUT2D eigenvalue weighted by molar-refractivity contribution is 5.79. The van der Waals surface area contributed by atoms with E-state index in [4.69, 9.17) is 4.74 Å². The molecule has 1 N–H and O–H groups in total. The first kappa shape index (κ1) is 17.3. The highest BCUT2D eigenvalue weighted by atomic mass is 16.5. The number of methoxy groups -OCH3 is 1. The second-order valence-electron chi connectivity index (χ2n) is 6.76. The van der Waals surface area contributed by atoms with Gasteiger partial charge in [0.25, 0.3) is 0 Å². The average molecular weight is 365 g/mol. The lowest BCUT2D eigenvalue weighted by Gasteiger charge is -2.31. The Labute approximate surface area is 158 Å². The summed E-state index contributed by atoms with van der Waals surface area (Å²) in [7, 11) is 1.64. The van der Waals surface area contributed by atoms with Gasteiger partial charge in [-0.25, -0.2) is 0 Å². The van der Waals surface area contributed by atoms with Crippen LogP contribution in [0.25, 0.3) is 5.65 Å². The van der Waals surface area contributed by atoms with E-state index < -0.39 is 0 Å². The zero-order valence-electron chi connectivity index (χ0n) is 15.3. The van der Waals surface area contributed by atoms with E-state index in [1.165, 1.54) is 0 Å². The Morgan fingerprint density at radius 1 is 1.19 bits per heavy atom. The molecule has 1 saturated heterocycles. The number of hydrogen-bond donors (Lipinski definition) is 1. The van der Waals surface area contributed by atoms with Gasteiger partial charge in [-0.2, -0.15) is 0 Å². The molecule has 4 rings (SSSR count). The number of aromatic nitrogens is 3. The van der Waals surface area contributed by atoms with Crippen LogP contribution in [-0.4, -0.2) is 40.7 Å². The number of carbonyl (C=O) groups is 1. The van der Waals surface area contributed by atoms with Crippen LogP contribution in [-0.2, 0) is 11.3 Å². The van der Waals surface area contributed by atoms with Crippen molar-refractivity contribution in [1.29, 1.82) is 0 Å². The number of rotatable bonds is 5. The number of hydrogen-bond acceptors (Lipinski definition) is 5. The molecule has 0 bridgehead atoms. The molecule has 0 radical (unpaired) electrons. The number of nitrogens with one attached hydrogen (secondary N) is 1. The molecule has 0 saturated carbocycles. The lowest BCUT2D eigenvalue weighted by molar-refractivity contribution is -0.125. The summed E-state index contributed by atoms with van der Waals surface area (Å²) < 4.78 is 7.21. The Morgan fingerprint density at radius 3 is 2.85 bits per heavy atom. The fourth-order valence-corrected chi connectivity index (χ4v) is 3.50. The van der Waals surface area contributed by atoms with Crippen molar-refractivity contribution >= 4 is 17.5 Å². The summed E-state index contributed by atoms with van der Waals surface area (Å²) in [6, 6.07) is 13.6. The van der Waals surface area contributed by atoms with Gasteiger partial charge in [-0.1, -0.05) is 18.2 Å². The van der Waals surface area contributed by atoms with Gasteiger partial charge in [-0.15, -0.1) is 10.2 Å². The van der Waals surface area contributed by atoms with Crippen LogP contribution in [0.3, 0.4) is 0 Å². The predicted octanol–water partition coefficient (Wildman–Crippen LogP) is 2.27. The zero-order chi connectivity index (χ0) is 18.6. The number of nitrogens with zero attached hydrogens (tertiary/aromatic N) is 4. The van der Waals surface area contributed by atoms with Crippen LogP contribution in [0.4, 0.5) is 5.95 Å². The van der Waals surface area contributed by atoms with Gasteiger partial charge in [-0.3, -0.25) is 9.20 Å². The number of amides is 1. The fraction of sp³-hybridized carbons (Fsp3) is 0.350. The van der Waals surface area contributed by atoms with Crippen LogP contribution in [0.5, 0.6) is 5.75 Å². The van der Waals surface area contributed by atoms with Gasteiger partial charge in [0.15, 0.2) is 5.65 Å². The number of benzene rings is 1. The molecule has 7 heteroatoms. The van der Waals surface area contributed by atoms with Crippen molar-refractivity contribution in [1.82, 2.24) is 19.9 Å². The van der Waals surface area contributed by atoms with Crippen LogP contribution >= 0.6 is 0 Å². The van der Waals surface area contributed by atoms with Gasteiger partial charge < -0.3 is 15.0 Å². The molecule has 0 unspecified atom stereocenters. The molecular formula is C20H23N5O2. The third kappa shape index (κ3) is 3.72. The van der Waals surface area contributed by atoms with E-state index in [-0.39, 0.29) is 11.8 Å². The van der Waals surface area contributed by atoms with Gasteiger partial charge in [0.2, 0.25) is 11.9 Å². The monoisotopic (exact) mass is 365 g/mol. The maximum Gasteiger partial charge on any atom is 0.231 e. The van der Waals surface area contributed by atoms with Crippen LogP contribution in [0.15, 0.2) is 48.7 Å². The molecular weight excluding hydrogens is 342 g/mol. The van der Waals surface area contributed by atoms with E-state index in [1.54, 1.807) is 7.11 Å². The molecule has 0 spiro atoms. The number of pyridine rings is 1. The van der Waals surface area contributed by atoms with E-state index in [2.05, 4.69) is 20.4 Å². The maximum absolute atomic E-state index is 12.5. The number of fused-ring (bicyclic) bond motifs is 1. The van der Waals surface area contributed by atoms with E-state index in [9.17, 15) is 4.79 Å². The fourth-order valence-electron chi connectivity index (χ4n) is 3.50. The van der Waals surface area contributed by atoms with Crippen LogP contribution in [0.2, 0.25) is 0 Å². The summed E-state index contributed by atoms with van der Waals surface area (Å²) in [5.41, 5.74) is 1.88. The van der Waals surface area contributed by atoms with Crippen LogP contribution in [0, 0.1) is 5.92 Å². The van der Waals surface area contributed by atoms with Crippen molar-refractivity contribution in [2.45, 2.75) is 19.4 Å². The van der Waals surface area contributed by atoms with E-state index in [0.717, 1.165) is 48.8 Å². The first-order chi connectivity index (χ1) is 13.2. The summed E-state index contributed by atoms with van der Waals surface area (Å²) in [6.07, 6.45) is 3.59. The largest absolute Gasteiger partial charge is 0.497 e. The minimum atomic E-state index is 0.0334. The van der Waals surface area contributed by atoms with Crippen molar-refractivity contribution in [3.05, 3.63) is 54.2 Å². The molecule has 1 fully saturated rings. The summed E-state index contributed by atoms with van der Waals surface area (Å²) in [5.74, 6) is 1.80. The molecule has 140 valence electrons. The van der Waals surface area contributed by atoms with Crippen molar-refractivity contribution in [3.8, 4) is 5.75 Å². The minimum Gasteiger partial charge on any atom is -0.497 e. The Morgan fingerprint density at radius 2 is 2.04 bits per heavy atom. The normalized spacial score (nSPS) is 15.1. The molecule has 3 heterocycles. The van der Waals surface area contributed by atoms with E-state index in [1.807, 2.05) is 53.1 Å². The molecule has 1 amide bonds. The summed E-state index contributed by atoms with van der Waals surface area (Å²) >= 11 is 0. The SMILES string of the molecule is COc1cccc(CNC(=O)C2CCN(c3nnc4ccccn34)CC2)c1. The minimum absolute atomic E-state index is 0.0334. The standard InChI is InChI=1S/C20H23N5O2/c1-27-17-6-4-5-15(13-17)14-21-19(26)16-8-11-24(12-9-16)20-23-22-18-7-2-3-10-25(18)20/h2-7,10,13,16H,8-9,11-12,14H2,1H3,(H,21,26). The van der Waals surface area contributed by atoms with Crippen molar-refractivity contribution in [2.75, 3.05) is 25.1 Å². The molecule has 7 nitrogen and oxygen atoms in total. The average Bonchev–Trinajstić information content (AvgIpc) is 3.16. The third-order valence-electron chi connectivity index (χ3n) is 5.05. The van der Waals surface area contributed by atoms with Gasteiger partial charge in [0, 0.05) is 31.7 Å². The summed E-state index contributed by atoms with van der Waals surface area (Å²) in [6.45, 7) is 2.12. The highest BCUT2D eigenvalue weighted by Gasteiger charge is 2.26. The number of ether oxygens (including phenoxy) is 1. The second-order valence-corrected chi connectivity index (χ2v) is 6.76. The maximum atomic E-state index is 12.5. The lowest BCUT2D eigenvalue weighted by atomic mass is 9.96. The van der Waals surface area contributed by atoms with Gasteiger partial charge in [0.05, 0.1) is 7.11 Å². The lowest BCUT2D eigenvalue weighted by Crippen LogP contribution is -2.41. The highest BCUT2D eigenvalue weighted by Crippen LogP contribution is 2.23. The molecule has 3 aromatic rings. The predicted molar refractivity (Wildman–Crippen MR) is 103 cm³/mol. The Hall–Kier alpha value is -3.09. The molecule has 0 aliphatic carbocycles. The number of carbonyl (C=O) groups excluding carboxylic acids is 1. The Balaban J connectivity index is 1.32. The quantitative estimate of drug-likeness (QED) is 0.751. The first-order valence-electron chi connectivity index (χ1n) is 9.20. The Bertz CT molecular complexity index is 931. The van der Waals surface area contributed by atoms with Crippen LogP contribution in [0.1, 0.15) is 18.4 Å². The topological polar surface area (TPSA) is 71.8 Å². The van der Waals surface area contributed by atoms with Crippen molar-refractivity contribution < 1.29 is 9.53 Å². The summed E-state index contributed by atoms with van der Waals surface area (Å²) in [4.78, 5) is 14.7. The van der Waals surface area contributed by atoms with Gasteiger partial charge in [-0.05, 0) is 42.7 Å². The second kappa shape index (κ2) is 7.65. The number of anilines is 1. The smallest absolute Gasteiger partial charge is 0.231 e. The summed E-state index contributed by atoms with van der Waals surface area (Å²) in [5, 5.41) is 11.6. The molecule has 1 aliphatic rings. The molecule has 1 aliphatic heterocycles. The van der Waals surface area contributed by atoms with Crippen LogP contribution < -0.4 is 15.0 Å². The first-order valence-corrected chi connectivity index (χ1v) is 9.20. The molecule has 2 aromatic heterocycles. The van der Waals surface area contributed by atoms with Crippen molar-refractivity contribution in [3.63, 3.8) is 0 Å². The molecule has 0 atom stereocenters. The van der Waals surface area contributed by atoms with Gasteiger partial charge >= 0.3 is 0 Å². The third-order valence-corrected chi connectivity index (χ3v) is 5.05. The zero-order valence-corrected chi connectivity index (χ0v) is 15.3. The van der Waals surface area contributed by atoms with E-state index >= 15 is 0 Å².